The normalized spacial score (nSPS) is 15.9. The first kappa shape index (κ1) is 16.8. The lowest BCUT2D eigenvalue weighted by Crippen LogP contribution is -2.34. The van der Waals surface area contributed by atoms with E-state index in [9.17, 15) is 4.79 Å². The molecule has 1 aliphatic rings. The van der Waals surface area contributed by atoms with Gasteiger partial charge in [-0.1, -0.05) is 35.5 Å². The van der Waals surface area contributed by atoms with Gasteiger partial charge in [0.15, 0.2) is 11.5 Å². The van der Waals surface area contributed by atoms with Gasteiger partial charge in [-0.25, -0.2) is 0 Å². The minimum absolute atomic E-state index is 0.178. The highest BCUT2D eigenvalue weighted by Gasteiger charge is 2.29. The number of oxime groups is 1. The number of amides is 1. The second-order valence-electron chi connectivity index (χ2n) is 5.61. The fourth-order valence-corrected chi connectivity index (χ4v) is 2.60. The number of methoxy groups -OCH3 is 2. The zero-order chi connectivity index (χ0) is 17.6. The van der Waals surface area contributed by atoms with Crippen molar-refractivity contribution in [3.63, 3.8) is 0 Å². The Morgan fingerprint density at radius 2 is 1.92 bits per heavy atom. The number of carbonyl (C=O) groups is 1. The molecule has 2 aromatic carbocycles. The Morgan fingerprint density at radius 1 is 1.16 bits per heavy atom. The van der Waals surface area contributed by atoms with Gasteiger partial charge >= 0.3 is 0 Å². The number of benzene rings is 2. The van der Waals surface area contributed by atoms with E-state index in [0.29, 0.717) is 30.2 Å². The number of nitrogens with one attached hydrogen (secondary N) is 1. The summed E-state index contributed by atoms with van der Waals surface area (Å²) in [4.78, 5) is 17.6. The molecule has 130 valence electrons. The molecule has 0 unspecified atom stereocenters. The van der Waals surface area contributed by atoms with Gasteiger partial charge in [0.1, 0.15) is 0 Å². The van der Waals surface area contributed by atoms with Crippen molar-refractivity contribution >= 4 is 11.6 Å². The lowest BCUT2D eigenvalue weighted by atomic mass is 10.0. The van der Waals surface area contributed by atoms with Gasteiger partial charge in [0.2, 0.25) is 6.10 Å². The maximum Gasteiger partial charge on any atom is 0.264 e. The Labute approximate surface area is 146 Å². The molecule has 0 radical (unpaired) electrons. The maximum absolute atomic E-state index is 12.3. The van der Waals surface area contributed by atoms with Gasteiger partial charge < -0.3 is 19.6 Å². The number of rotatable bonds is 6. The van der Waals surface area contributed by atoms with E-state index in [4.69, 9.17) is 14.3 Å². The highest BCUT2D eigenvalue weighted by molar-refractivity contribution is 6.04. The fourth-order valence-electron chi connectivity index (χ4n) is 2.60. The first-order valence-corrected chi connectivity index (χ1v) is 7.98. The predicted molar refractivity (Wildman–Crippen MR) is 93.9 cm³/mol. The molecule has 0 bridgehead atoms. The Bertz CT molecular complexity index is 774. The standard InChI is InChI=1S/C19H20N2O4/c1-23-16-9-8-14(10-17(16)24-2)15-11-18(25-21-15)19(22)20-12-13-6-4-3-5-7-13/h3-10,18H,11-12H2,1-2H3,(H,20,22)/t18-/m1/s1. The van der Waals surface area contributed by atoms with Crippen LogP contribution in [-0.2, 0) is 16.2 Å². The third kappa shape index (κ3) is 3.91. The van der Waals surface area contributed by atoms with Crippen LogP contribution in [0.5, 0.6) is 11.5 Å². The third-order valence-corrected chi connectivity index (χ3v) is 3.99. The second-order valence-corrected chi connectivity index (χ2v) is 5.61. The summed E-state index contributed by atoms with van der Waals surface area (Å²) >= 11 is 0. The molecule has 6 heteroatoms. The summed E-state index contributed by atoms with van der Waals surface area (Å²) in [6.45, 7) is 0.464. The molecule has 0 aliphatic carbocycles. The Morgan fingerprint density at radius 3 is 2.64 bits per heavy atom. The summed E-state index contributed by atoms with van der Waals surface area (Å²) in [6, 6.07) is 15.2. The van der Waals surface area contributed by atoms with Crippen molar-refractivity contribution < 1.29 is 19.1 Å². The van der Waals surface area contributed by atoms with Crippen molar-refractivity contribution in [1.82, 2.24) is 5.32 Å². The minimum atomic E-state index is -0.619. The van der Waals surface area contributed by atoms with Crippen molar-refractivity contribution in [2.45, 2.75) is 19.1 Å². The van der Waals surface area contributed by atoms with Crippen molar-refractivity contribution in [2.24, 2.45) is 5.16 Å². The van der Waals surface area contributed by atoms with Crippen molar-refractivity contribution in [3.8, 4) is 11.5 Å². The number of carbonyl (C=O) groups excluding carboxylic acids is 1. The molecular weight excluding hydrogens is 320 g/mol. The molecule has 1 amide bonds. The van der Waals surface area contributed by atoms with Gasteiger partial charge in [-0.3, -0.25) is 4.79 Å². The Hall–Kier alpha value is -3.02. The molecule has 0 aromatic heterocycles. The van der Waals surface area contributed by atoms with Crippen LogP contribution in [0.1, 0.15) is 17.5 Å². The second kappa shape index (κ2) is 7.70. The summed E-state index contributed by atoms with van der Waals surface area (Å²) in [7, 11) is 3.16. The van der Waals surface area contributed by atoms with E-state index in [1.165, 1.54) is 0 Å². The van der Waals surface area contributed by atoms with Crippen LogP contribution in [0.4, 0.5) is 0 Å². The van der Waals surface area contributed by atoms with Gasteiger partial charge in [-0.15, -0.1) is 0 Å². The minimum Gasteiger partial charge on any atom is -0.493 e. The van der Waals surface area contributed by atoms with Gasteiger partial charge in [-0.2, -0.15) is 0 Å². The van der Waals surface area contributed by atoms with Gasteiger partial charge in [0.05, 0.1) is 19.9 Å². The zero-order valence-corrected chi connectivity index (χ0v) is 14.2. The fraction of sp³-hybridized carbons (Fsp3) is 0.263. The van der Waals surface area contributed by atoms with E-state index in [-0.39, 0.29) is 5.91 Å². The number of ether oxygens (including phenoxy) is 2. The van der Waals surface area contributed by atoms with Crippen LogP contribution in [0, 0.1) is 0 Å². The maximum atomic E-state index is 12.3. The van der Waals surface area contributed by atoms with E-state index in [2.05, 4.69) is 10.5 Å². The zero-order valence-electron chi connectivity index (χ0n) is 14.2. The molecule has 0 saturated heterocycles. The van der Waals surface area contributed by atoms with E-state index in [1.54, 1.807) is 20.3 Å². The van der Waals surface area contributed by atoms with Crippen LogP contribution in [0.15, 0.2) is 53.7 Å². The first-order chi connectivity index (χ1) is 12.2. The lowest BCUT2D eigenvalue weighted by molar-refractivity contribution is -0.131. The number of hydrogen-bond donors (Lipinski definition) is 1. The molecule has 2 aromatic rings. The molecule has 3 rings (SSSR count). The van der Waals surface area contributed by atoms with Crippen LogP contribution < -0.4 is 14.8 Å². The van der Waals surface area contributed by atoms with Crippen LogP contribution >= 0.6 is 0 Å². The highest BCUT2D eigenvalue weighted by atomic mass is 16.6. The van der Waals surface area contributed by atoms with E-state index < -0.39 is 6.10 Å². The average Bonchev–Trinajstić information content (AvgIpc) is 3.16. The molecule has 1 atom stereocenters. The topological polar surface area (TPSA) is 69.2 Å². The summed E-state index contributed by atoms with van der Waals surface area (Å²) in [5, 5.41) is 6.93. The number of nitrogens with zero attached hydrogens (tertiary/aromatic N) is 1. The molecule has 6 nitrogen and oxygen atoms in total. The average molecular weight is 340 g/mol. The summed E-state index contributed by atoms with van der Waals surface area (Å²) in [6.07, 6.45) is -0.206. The Kier molecular flexibility index (Phi) is 5.18. The van der Waals surface area contributed by atoms with Crippen LogP contribution in [0.2, 0.25) is 0 Å². The molecule has 0 spiro atoms. The molecule has 1 heterocycles. The number of hydrogen-bond acceptors (Lipinski definition) is 5. The molecule has 1 N–H and O–H groups in total. The molecule has 1 aliphatic heterocycles. The van der Waals surface area contributed by atoms with Crippen LogP contribution in [0.25, 0.3) is 0 Å². The van der Waals surface area contributed by atoms with E-state index in [0.717, 1.165) is 11.1 Å². The molecule has 0 fully saturated rings. The largest absolute Gasteiger partial charge is 0.493 e. The van der Waals surface area contributed by atoms with Gasteiger partial charge in [0.25, 0.3) is 5.91 Å². The van der Waals surface area contributed by atoms with E-state index >= 15 is 0 Å². The quantitative estimate of drug-likeness (QED) is 0.877. The molecular formula is C19H20N2O4. The summed E-state index contributed by atoms with van der Waals surface area (Å²) in [5.74, 6) is 1.07. The van der Waals surface area contributed by atoms with Crippen molar-refractivity contribution in [1.29, 1.82) is 0 Å². The molecule has 0 saturated carbocycles. The summed E-state index contributed by atoms with van der Waals surface area (Å²) < 4.78 is 10.5. The van der Waals surface area contributed by atoms with Crippen LogP contribution in [0.3, 0.4) is 0 Å². The molecule has 25 heavy (non-hydrogen) atoms. The van der Waals surface area contributed by atoms with E-state index in [1.807, 2.05) is 42.5 Å². The predicted octanol–water partition coefficient (Wildman–Crippen LogP) is 2.51. The van der Waals surface area contributed by atoms with Crippen molar-refractivity contribution in [3.05, 3.63) is 59.7 Å². The highest BCUT2D eigenvalue weighted by Crippen LogP contribution is 2.29. The summed E-state index contributed by atoms with van der Waals surface area (Å²) in [5.41, 5.74) is 2.59. The first-order valence-electron chi connectivity index (χ1n) is 7.98. The third-order valence-electron chi connectivity index (χ3n) is 3.99. The van der Waals surface area contributed by atoms with Gasteiger partial charge in [-0.05, 0) is 23.8 Å². The SMILES string of the molecule is COc1ccc(C2=NO[C@@H](C(=O)NCc3ccccc3)C2)cc1OC. The van der Waals surface area contributed by atoms with Crippen molar-refractivity contribution in [2.75, 3.05) is 14.2 Å². The Balaban J connectivity index is 1.60. The lowest BCUT2D eigenvalue weighted by Gasteiger charge is -2.10. The monoisotopic (exact) mass is 340 g/mol. The van der Waals surface area contributed by atoms with Gasteiger partial charge in [0, 0.05) is 18.5 Å². The van der Waals surface area contributed by atoms with Crippen LogP contribution in [-0.4, -0.2) is 31.9 Å². The smallest absolute Gasteiger partial charge is 0.264 e.